The van der Waals surface area contributed by atoms with Crippen molar-refractivity contribution in [2.75, 3.05) is 33.3 Å². The van der Waals surface area contributed by atoms with E-state index in [1.165, 1.54) is 0 Å². The molecule has 8 nitrogen and oxygen atoms in total. The molecule has 0 saturated carbocycles. The lowest BCUT2D eigenvalue weighted by molar-refractivity contribution is 0.0352. The highest BCUT2D eigenvalue weighted by Gasteiger charge is 2.34. The van der Waals surface area contributed by atoms with Gasteiger partial charge in [0.2, 0.25) is 5.88 Å². The molecule has 3 atom stereocenters. The predicted molar refractivity (Wildman–Crippen MR) is 128 cm³/mol. The number of aromatic nitrogens is 1. The van der Waals surface area contributed by atoms with E-state index in [0.717, 1.165) is 12.8 Å². The van der Waals surface area contributed by atoms with Crippen LogP contribution in [0, 0.1) is 23.7 Å². The topological polar surface area (TPSA) is 95.0 Å². The molecule has 2 N–H and O–H groups in total. The van der Waals surface area contributed by atoms with Gasteiger partial charge in [-0.1, -0.05) is 39.5 Å². The van der Waals surface area contributed by atoms with Crippen LogP contribution in [-0.4, -0.2) is 77.3 Å². The van der Waals surface area contributed by atoms with E-state index >= 15 is 0 Å². The van der Waals surface area contributed by atoms with Crippen molar-refractivity contribution >= 4 is 11.9 Å². The van der Waals surface area contributed by atoms with Crippen LogP contribution in [-0.2, 0) is 0 Å². The number of fused-ring (bicyclic) bond motifs is 1. The van der Waals surface area contributed by atoms with E-state index in [4.69, 9.17) is 4.74 Å². The van der Waals surface area contributed by atoms with E-state index in [-0.39, 0.29) is 42.5 Å². The molecule has 8 heteroatoms. The van der Waals surface area contributed by atoms with Crippen LogP contribution in [0.25, 0.3) is 0 Å². The summed E-state index contributed by atoms with van der Waals surface area (Å²) in [5.41, 5.74) is 0.964. The van der Waals surface area contributed by atoms with Crippen LogP contribution in [0.3, 0.4) is 0 Å². The van der Waals surface area contributed by atoms with Gasteiger partial charge >= 0.3 is 6.03 Å². The molecule has 0 radical (unpaired) electrons. The Morgan fingerprint density at radius 1 is 1.42 bits per heavy atom. The second kappa shape index (κ2) is 12.4. The number of likely N-dealkylation sites (N-methyl/N-ethyl adjacent to an activating group) is 1. The summed E-state index contributed by atoms with van der Waals surface area (Å²) in [6, 6.07) is 1.17. The SMILES string of the molecule is CCCNC(=O)N(C)C[C@@H]1Oc2ncc(C#CCC(C)C)cc2C(=O)N([C@H](C)CO)C[C@H]1C. The first-order valence-corrected chi connectivity index (χ1v) is 11.7. The molecule has 1 aromatic heterocycles. The Kier molecular flexibility index (Phi) is 9.98. The molecule has 3 amide bonds. The van der Waals surface area contributed by atoms with Crippen LogP contribution >= 0.6 is 0 Å². The number of nitrogens with one attached hydrogen (secondary N) is 1. The van der Waals surface area contributed by atoms with Crippen molar-refractivity contribution in [1.82, 2.24) is 20.1 Å². The fourth-order valence-electron chi connectivity index (χ4n) is 3.47. The van der Waals surface area contributed by atoms with Crippen molar-refractivity contribution in [3.63, 3.8) is 0 Å². The number of aliphatic hydroxyl groups excluding tert-OH is 1. The third-order valence-electron chi connectivity index (χ3n) is 5.59. The van der Waals surface area contributed by atoms with Crippen LogP contribution in [0.5, 0.6) is 5.88 Å². The Morgan fingerprint density at radius 3 is 2.79 bits per heavy atom. The van der Waals surface area contributed by atoms with Gasteiger partial charge in [-0.05, 0) is 25.3 Å². The first kappa shape index (κ1) is 26.5. The molecule has 1 aliphatic heterocycles. The van der Waals surface area contributed by atoms with E-state index in [9.17, 15) is 14.7 Å². The minimum atomic E-state index is -0.381. The number of carbonyl (C=O) groups excluding carboxylic acids is 2. The van der Waals surface area contributed by atoms with E-state index in [0.29, 0.717) is 36.7 Å². The van der Waals surface area contributed by atoms with Gasteiger partial charge in [0, 0.05) is 44.2 Å². The normalized spacial score (nSPS) is 18.9. The number of pyridine rings is 1. The first-order chi connectivity index (χ1) is 15.7. The molecule has 0 unspecified atom stereocenters. The minimum Gasteiger partial charge on any atom is -0.472 e. The number of hydrogen-bond acceptors (Lipinski definition) is 5. The Labute approximate surface area is 197 Å². The summed E-state index contributed by atoms with van der Waals surface area (Å²) >= 11 is 0. The molecule has 0 bridgehead atoms. The van der Waals surface area contributed by atoms with Crippen molar-refractivity contribution in [2.45, 2.75) is 59.6 Å². The second-order valence-electron chi connectivity index (χ2n) is 9.21. The Morgan fingerprint density at radius 2 is 2.15 bits per heavy atom. The van der Waals surface area contributed by atoms with Gasteiger partial charge in [0.05, 0.1) is 19.2 Å². The van der Waals surface area contributed by atoms with Crippen LogP contribution in [0.2, 0.25) is 0 Å². The van der Waals surface area contributed by atoms with Gasteiger partial charge in [-0.15, -0.1) is 0 Å². The molecule has 33 heavy (non-hydrogen) atoms. The van der Waals surface area contributed by atoms with Crippen LogP contribution < -0.4 is 10.1 Å². The summed E-state index contributed by atoms with van der Waals surface area (Å²) in [7, 11) is 1.72. The summed E-state index contributed by atoms with van der Waals surface area (Å²) in [5.74, 6) is 6.54. The van der Waals surface area contributed by atoms with E-state index in [1.807, 2.05) is 20.8 Å². The van der Waals surface area contributed by atoms with Crippen molar-refractivity contribution in [2.24, 2.45) is 11.8 Å². The third-order valence-corrected chi connectivity index (χ3v) is 5.59. The van der Waals surface area contributed by atoms with Gasteiger partial charge in [-0.3, -0.25) is 4.79 Å². The van der Waals surface area contributed by atoms with Gasteiger partial charge in [0.1, 0.15) is 11.7 Å². The number of hydrogen-bond donors (Lipinski definition) is 2. The zero-order valence-corrected chi connectivity index (χ0v) is 20.7. The molecule has 0 saturated heterocycles. The van der Waals surface area contributed by atoms with Crippen LogP contribution in [0.15, 0.2) is 12.3 Å². The standard InChI is InChI=1S/C25H38N4O4/c1-7-11-26-25(32)28(6)15-22-18(4)14-29(19(5)16-30)24(31)21-12-20(10-8-9-17(2)3)13-27-23(21)33-22/h12-13,17-19,22,30H,7,9,11,14-16H2,1-6H3,(H,26,32)/t18-,19-,22+/m1/s1. The first-order valence-electron chi connectivity index (χ1n) is 11.7. The fraction of sp³-hybridized carbons (Fsp3) is 0.640. The highest BCUT2D eigenvalue weighted by Crippen LogP contribution is 2.27. The second-order valence-corrected chi connectivity index (χ2v) is 9.21. The third kappa shape index (κ3) is 7.36. The predicted octanol–water partition coefficient (Wildman–Crippen LogP) is 2.75. The lowest BCUT2D eigenvalue weighted by Gasteiger charge is -2.37. The summed E-state index contributed by atoms with van der Waals surface area (Å²) in [6.07, 6.45) is 2.83. The number of rotatable bonds is 7. The lowest BCUT2D eigenvalue weighted by Crippen LogP contribution is -2.51. The average molecular weight is 459 g/mol. The van der Waals surface area contributed by atoms with Gasteiger partial charge in [0.25, 0.3) is 5.91 Å². The zero-order valence-electron chi connectivity index (χ0n) is 20.7. The Hall–Kier alpha value is -2.79. The van der Waals surface area contributed by atoms with Gasteiger partial charge in [-0.2, -0.15) is 0 Å². The molecule has 0 aliphatic carbocycles. The van der Waals surface area contributed by atoms with Gasteiger partial charge in [-0.25, -0.2) is 9.78 Å². The van der Waals surface area contributed by atoms with Gasteiger partial charge < -0.3 is 25.0 Å². The highest BCUT2D eigenvalue weighted by atomic mass is 16.5. The Bertz CT molecular complexity index is 877. The fourth-order valence-corrected chi connectivity index (χ4v) is 3.47. The highest BCUT2D eigenvalue weighted by molar-refractivity contribution is 5.97. The zero-order chi connectivity index (χ0) is 24.5. The van der Waals surface area contributed by atoms with E-state index in [1.54, 1.807) is 29.1 Å². The van der Waals surface area contributed by atoms with Crippen molar-refractivity contribution in [3.8, 4) is 17.7 Å². The Balaban J connectivity index is 2.38. The minimum absolute atomic E-state index is 0.0927. The maximum absolute atomic E-state index is 13.4. The van der Waals surface area contributed by atoms with Crippen molar-refractivity contribution in [1.29, 1.82) is 0 Å². The molecule has 182 valence electrons. The number of carbonyl (C=O) groups is 2. The molecule has 1 aliphatic rings. The molecule has 2 rings (SSSR count). The molecule has 0 aromatic carbocycles. The molecule has 0 fully saturated rings. The van der Waals surface area contributed by atoms with Crippen LogP contribution in [0.1, 0.15) is 63.4 Å². The van der Waals surface area contributed by atoms with E-state index in [2.05, 4.69) is 36.0 Å². The number of aliphatic hydroxyl groups is 1. The number of amides is 3. The summed E-state index contributed by atoms with van der Waals surface area (Å²) in [5, 5.41) is 12.6. The average Bonchev–Trinajstić information content (AvgIpc) is 2.79. The van der Waals surface area contributed by atoms with E-state index < -0.39 is 0 Å². The van der Waals surface area contributed by atoms with Crippen LogP contribution in [0.4, 0.5) is 4.79 Å². The maximum atomic E-state index is 13.4. The van der Waals surface area contributed by atoms with Crippen molar-refractivity contribution < 1.29 is 19.4 Å². The van der Waals surface area contributed by atoms with Crippen molar-refractivity contribution in [3.05, 3.63) is 23.4 Å². The molecule has 2 heterocycles. The molecular formula is C25H38N4O4. The summed E-state index contributed by atoms with van der Waals surface area (Å²) in [6.45, 7) is 11.2. The van der Waals surface area contributed by atoms with Gasteiger partial charge in [0.15, 0.2) is 0 Å². The summed E-state index contributed by atoms with van der Waals surface area (Å²) in [4.78, 5) is 33.4. The lowest BCUT2D eigenvalue weighted by atomic mass is 10.00. The monoisotopic (exact) mass is 458 g/mol. The summed E-state index contributed by atoms with van der Waals surface area (Å²) < 4.78 is 6.21. The number of ether oxygens (including phenoxy) is 1. The molecule has 0 spiro atoms. The maximum Gasteiger partial charge on any atom is 0.317 e. The molecule has 1 aromatic rings. The number of nitrogens with zero attached hydrogens (tertiary/aromatic N) is 3. The molecular weight excluding hydrogens is 420 g/mol. The largest absolute Gasteiger partial charge is 0.472 e. The quantitative estimate of drug-likeness (QED) is 0.613. The number of urea groups is 1. The smallest absolute Gasteiger partial charge is 0.317 e.